The van der Waals surface area contributed by atoms with Crippen LogP contribution in [-0.2, 0) is 6.54 Å². The first kappa shape index (κ1) is 16.1. The summed E-state index contributed by atoms with van der Waals surface area (Å²) in [5.41, 5.74) is 2.36. The highest BCUT2D eigenvalue weighted by Crippen LogP contribution is 2.32. The van der Waals surface area contributed by atoms with E-state index in [0.29, 0.717) is 30.9 Å². The fraction of sp³-hybridized carbons (Fsp3) is 0.444. The molecular weight excluding hydrogens is 325 g/mol. The topological polar surface area (TPSA) is 58.8 Å². The van der Waals surface area contributed by atoms with Crippen LogP contribution in [0.5, 0.6) is 5.75 Å². The van der Waals surface area contributed by atoms with Crippen LogP contribution in [0, 0.1) is 19.7 Å². The van der Waals surface area contributed by atoms with Gasteiger partial charge in [0.05, 0.1) is 17.3 Å². The van der Waals surface area contributed by atoms with Gasteiger partial charge in [-0.25, -0.2) is 4.39 Å². The first-order valence-corrected chi connectivity index (χ1v) is 8.31. The van der Waals surface area contributed by atoms with Crippen molar-refractivity contribution in [2.45, 2.75) is 32.5 Å². The number of carbonyl (C=O) groups excluding carboxylic acids is 1. The second-order valence-corrected chi connectivity index (χ2v) is 6.78. The molecule has 0 N–H and O–H groups in total. The second kappa shape index (κ2) is 5.84. The molecule has 2 aliphatic heterocycles. The third-order valence-electron chi connectivity index (χ3n) is 5.15. The van der Waals surface area contributed by atoms with Gasteiger partial charge in [-0.1, -0.05) is 5.16 Å². The minimum Gasteiger partial charge on any atom is -0.486 e. The summed E-state index contributed by atoms with van der Waals surface area (Å²) in [7, 11) is 1.78. The lowest BCUT2D eigenvalue weighted by atomic mass is 10.1. The van der Waals surface area contributed by atoms with E-state index in [1.807, 2.05) is 13.8 Å². The molecule has 132 valence electrons. The van der Waals surface area contributed by atoms with Crippen molar-refractivity contribution in [2.75, 3.05) is 20.1 Å². The molecule has 4 rings (SSSR count). The zero-order valence-corrected chi connectivity index (χ0v) is 14.5. The van der Waals surface area contributed by atoms with Gasteiger partial charge in [0.25, 0.3) is 5.91 Å². The second-order valence-electron chi connectivity index (χ2n) is 6.78. The maximum Gasteiger partial charge on any atom is 0.257 e. The van der Waals surface area contributed by atoms with Crippen molar-refractivity contribution < 1.29 is 18.4 Å². The number of rotatable bonds is 2. The molecule has 0 bridgehead atoms. The Bertz CT molecular complexity index is 815. The van der Waals surface area contributed by atoms with Crippen LogP contribution in [0.25, 0.3) is 0 Å². The fourth-order valence-corrected chi connectivity index (χ4v) is 3.67. The molecule has 2 aliphatic rings. The maximum absolute atomic E-state index is 13.6. The number of likely N-dealkylation sites (tertiary alicyclic amines) is 1. The monoisotopic (exact) mass is 345 g/mol. The van der Waals surface area contributed by atoms with Gasteiger partial charge in [0.1, 0.15) is 23.4 Å². The van der Waals surface area contributed by atoms with Crippen LogP contribution < -0.4 is 4.74 Å². The van der Waals surface area contributed by atoms with Gasteiger partial charge in [-0.05, 0) is 26.0 Å². The smallest absolute Gasteiger partial charge is 0.257 e. The number of benzene rings is 1. The summed E-state index contributed by atoms with van der Waals surface area (Å²) < 4.78 is 24.8. The highest BCUT2D eigenvalue weighted by Gasteiger charge is 2.42. The Balaban J connectivity index is 1.59. The summed E-state index contributed by atoms with van der Waals surface area (Å²) in [6, 6.07) is 3.99. The van der Waals surface area contributed by atoms with Crippen LogP contribution in [0.1, 0.15) is 27.4 Å². The van der Waals surface area contributed by atoms with Gasteiger partial charge in [-0.3, -0.25) is 9.69 Å². The Labute approximate surface area is 145 Å². The summed E-state index contributed by atoms with van der Waals surface area (Å²) in [4.78, 5) is 16.6. The minimum absolute atomic E-state index is 0.0802. The maximum atomic E-state index is 13.6. The Morgan fingerprint density at radius 2 is 2.12 bits per heavy atom. The van der Waals surface area contributed by atoms with Gasteiger partial charge in [-0.2, -0.15) is 0 Å². The molecule has 2 unspecified atom stereocenters. The van der Waals surface area contributed by atoms with Crippen LogP contribution in [-0.4, -0.2) is 53.1 Å². The largest absolute Gasteiger partial charge is 0.486 e. The minimum atomic E-state index is -0.404. The normalized spacial score (nSPS) is 23.2. The predicted octanol–water partition coefficient (Wildman–Crippen LogP) is 2.15. The van der Waals surface area contributed by atoms with Gasteiger partial charge in [0.2, 0.25) is 0 Å². The summed E-state index contributed by atoms with van der Waals surface area (Å²) in [6.45, 7) is 5.85. The molecule has 2 aromatic rings. The number of carbonyl (C=O) groups is 1. The van der Waals surface area contributed by atoms with E-state index in [2.05, 4.69) is 10.1 Å². The molecule has 1 fully saturated rings. The van der Waals surface area contributed by atoms with Gasteiger partial charge < -0.3 is 14.2 Å². The zero-order valence-electron chi connectivity index (χ0n) is 14.5. The first-order chi connectivity index (χ1) is 11.9. The standard InChI is InChI=1S/C18H20FN3O3/c1-10-14(11(2)25-20-10)7-22-8-15-17(9-22)24-16-6-12(19)4-5-13(16)18(23)21(15)3/h4-6,15,17H,7-9H2,1-3H3. The van der Waals surface area contributed by atoms with E-state index in [1.54, 1.807) is 11.9 Å². The lowest BCUT2D eigenvalue weighted by Gasteiger charge is -2.25. The van der Waals surface area contributed by atoms with E-state index in [1.165, 1.54) is 18.2 Å². The molecule has 0 aliphatic carbocycles. The van der Waals surface area contributed by atoms with Crippen molar-refractivity contribution >= 4 is 5.91 Å². The fourth-order valence-electron chi connectivity index (χ4n) is 3.67. The lowest BCUT2D eigenvalue weighted by Crippen LogP contribution is -2.44. The molecule has 0 radical (unpaired) electrons. The number of aryl methyl sites for hydroxylation is 2. The number of ether oxygens (including phenoxy) is 1. The van der Waals surface area contributed by atoms with E-state index in [4.69, 9.17) is 9.26 Å². The average molecular weight is 345 g/mol. The number of halogens is 1. The molecule has 1 aromatic carbocycles. The number of fused-ring (bicyclic) bond motifs is 2. The zero-order chi connectivity index (χ0) is 17.7. The molecule has 1 saturated heterocycles. The van der Waals surface area contributed by atoms with Crippen LogP contribution in [0.4, 0.5) is 4.39 Å². The molecular formula is C18H20FN3O3. The highest BCUT2D eigenvalue weighted by molar-refractivity contribution is 5.97. The van der Waals surface area contributed by atoms with Crippen molar-refractivity contribution in [3.8, 4) is 5.75 Å². The van der Waals surface area contributed by atoms with E-state index in [-0.39, 0.29) is 18.1 Å². The van der Waals surface area contributed by atoms with Crippen LogP contribution in [0.2, 0.25) is 0 Å². The van der Waals surface area contributed by atoms with Crippen molar-refractivity contribution in [1.29, 1.82) is 0 Å². The third-order valence-corrected chi connectivity index (χ3v) is 5.15. The van der Waals surface area contributed by atoms with E-state index in [0.717, 1.165) is 17.0 Å². The van der Waals surface area contributed by atoms with Gasteiger partial charge in [0.15, 0.2) is 0 Å². The number of nitrogens with zero attached hydrogens (tertiary/aromatic N) is 3. The van der Waals surface area contributed by atoms with Crippen molar-refractivity contribution in [2.24, 2.45) is 0 Å². The predicted molar refractivity (Wildman–Crippen MR) is 88.0 cm³/mol. The highest BCUT2D eigenvalue weighted by atomic mass is 19.1. The molecule has 1 aromatic heterocycles. The number of hydrogen-bond donors (Lipinski definition) is 0. The summed E-state index contributed by atoms with van der Waals surface area (Å²) in [5, 5.41) is 3.99. The molecule has 6 nitrogen and oxygen atoms in total. The van der Waals surface area contributed by atoms with Gasteiger partial charge in [0, 0.05) is 38.3 Å². The number of aromatic nitrogens is 1. The Kier molecular flexibility index (Phi) is 3.76. The third kappa shape index (κ3) is 2.68. The van der Waals surface area contributed by atoms with E-state index >= 15 is 0 Å². The quantitative estimate of drug-likeness (QED) is 0.835. The summed E-state index contributed by atoms with van der Waals surface area (Å²) >= 11 is 0. The number of amides is 1. The van der Waals surface area contributed by atoms with Crippen molar-refractivity contribution in [3.63, 3.8) is 0 Å². The van der Waals surface area contributed by atoms with Crippen molar-refractivity contribution in [3.05, 3.63) is 46.6 Å². The van der Waals surface area contributed by atoms with Crippen LogP contribution in [0.15, 0.2) is 22.7 Å². The van der Waals surface area contributed by atoms with E-state index < -0.39 is 5.82 Å². The molecule has 0 saturated carbocycles. The van der Waals surface area contributed by atoms with Crippen molar-refractivity contribution in [1.82, 2.24) is 15.0 Å². The number of likely N-dealkylation sites (N-methyl/N-ethyl adjacent to an activating group) is 1. The SMILES string of the molecule is Cc1noc(C)c1CN1CC2Oc3cc(F)ccc3C(=O)N(C)C2C1. The molecule has 2 atom stereocenters. The first-order valence-electron chi connectivity index (χ1n) is 8.31. The lowest BCUT2D eigenvalue weighted by molar-refractivity contribution is 0.0682. The molecule has 7 heteroatoms. The van der Waals surface area contributed by atoms with Gasteiger partial charge >= 0.3 is 0 Å². The molecule has 0 spiro atoms. The molecule has 1 amide bonds. The molecule has 3 heterocycles. The molecule has 25 heavy (non-hydrogen) atoms. The van der Waals surface area contributed by atoms with Gasteiger partial charge in [-0.15, -0.1) is 0 Å². The Hall–Kier alpha value is -2.41. The number of hydrogen-bond acceptors (Lipinski definition) is 5. The van der Waals surface area contributed by atoms with Crippen LogP contribution in [0.3, 0.4) is 0 Å². The summed E-state index contributed by atoms with van der Waals surface area (Å²) in [6.07, 6.45) is -0.197. The summed E-state index contributed by atoms with van der Waals surface area (Å²) in [5.74, 6) is 0.589. The Morgan fingerprint density at radius 3 is 2.84 bits per heavy atom. The van der Waals surface area contributed by atoms with Crippen LogP contribution >= 0.6 is 0 Å². The average Bonchev–Trinajstić information content (AvgIpc) is 3.09. The van der Waals surface area contributed by atoms with E-state index in [9.17, 15) is 9.18 Å². The Morgan fingerprint density at radius 1 is 1.32 bits per heavy atom.